The molecule has 6 heteroatoms. The molecule has 0 saturated carbocycles. The predicted octanol–water partition coefficient (Wildman–Crippen LogP) is 0.960. The zero-order chi connectivity index (χ0) is 12.9. The number of hydrogen-bond donors (Lipinski definition) is 2. The maximum absolute atomic E-state index is 11.3. The van der Waals surface area contributed by atoms with E-state index < -0.39 is 13.8 Å². The second-order valence-corrected chi connectivity index (χ2v) is 10.9. The molecule has 1 rings (SSSR count). The lowest BCUT2D eigenvalue weighted by molar-refractivity contribution is 0.149. The molecule has 0 spiro atoms. The smallest absolute Gasteiger partial charge is 0.325 e. The van der Waals surface area contributed by atoms with Crippen LogP contribution in [0.15, 0.2) is 15.8 Å². The van der Waals surface area contributed by atoms with Gasteiger partial charge in [-0.15, -0.1) is 0 Å². The van der Waals surface area contributed by atoms with E-state index in [9.17, 15) is 9.59 Å². The van der Waals surface area contributed by atoms with Gasteiger partial charge in [-0.05, 0) is 6.04 Å². The van der Waals surface area contributed by atoms with Crippen molar-refractivity contribution in [3.63, 3.8) is 0 Å². The molecule has 0 aliphatic heterocycles. The van der Waals surface area contributed by atoms with Crippen LogP contribution in [0.25, 0.3) is 0 Å². The van der Waals surface area contributed by atoms with Crippen molar-refractivity contribution in [1.29, 1.82) is 0 Å². The largest absolute Gasteiger partial charge is 0.381 e. The first kappa shape index (κ1) is 13.9. The molecular weight excluding hydrogens is 236 g/mol. The van der Waals surface area contributed by atoms with Crippen LogP contribution in [-0.2, 0) is 11.2 Å². The molecule has 2 N–H and O–H groups in total. The van der Waals surface area contributed by atoms with E-state index in [2.05, 4.69) is 29.6 Å². The normalized spacial score (nSPS) is 11.7. The summed E-state index contributed by atoms with van der Waals surface area (Å²) in [5.41, 5.74) is -0.251. The second kappa shape index (κ2) is 5.97. The van der Waals surface area contributed by atoms with Gasteiger partial charge in [0, 0.05) is 32.9 Å². The summed E-state index contributed by atoms with van der Waals surface area (Å²) in [7, 11) is -1.05. The number of nitrogens with one attached hydrogen (secondary N) is 2. The Kier molecular flexibility index (Phi) is 4.89. The van der Waals surface area contributed by atoms with Crippen molar-refractivity contribution in [2.45, 2.75) is 32.1 Å². The van der Waals surface area contributed by atoms with Crippen molar-refractivity contribution in [3.05, 3.63) is 32.6 Å². The highest BCUT2D eigenvalue weighted by Gasteiger charge is 2.11. The molecule has 0 radical (unpaired) electrons. The zero-order valence-electron chi connectivity index (χ0n) is 10.6. The van der Waals surface area contributed by atoms with Crippen molar-refractivity contribution in [3.8, 4) is 0 Å². The standard InChI is InChI=1S/C11H20N2O3Si/c1-17(2,3)7-6-16-5-4-9-8-12-11(15)13-10(9)14/h8H,4-7H2,1-3H3,(H2,12,13,14,15). The molecule has 0 unspecified atom stereocenters. The lowest BCUT2D eigenvalue weighted by atomic mass is 10.2. The number of hydrogen-bond acceptors (Lipinski definition) is 3. The van der Waals surface area contributed by atoms with Gasteiger partial charge >= 0.3 is 5.69 Å². The summed E-state index contributed by atoms with van der Waals surface area (Å²) in [6, 6.07) is 1.12. The SMILES string of the molecule is C[Si](C)(C)CCOCCc1c[nH]c(=O)[nH]c1=O. The third kappa shape index (κ3) is 5.65. The Bertz CT molecular complexity index is 459. The minimum atomic E-state index is -1.05. The van der Waals surface area contributed by atoms with Gasteiger partial charge in [0.25, 0.3) is 5.56 Å². The molecule has 17 heavy (non-hydrogen) atoms. The first-order valence-corrected chi connectivity index (χ1v) is 9.48. The van der Waals surface area contributed by atoms with Crippen molar-refractivity contribution in [2.24, 2.45) is 0 Å². The molecule has 5 nitrogen and oxygen atoms in total. The highest BCUT2D eigenvalue weighted by molar-refractivity contribution is 6.76. The Morgan fingerprint density at radius 1 is 1.24 bits per heavy atom. The van der Waals surface area contributed by atoms with Gasteiger partial charge in [0.2, 0.25) is 0 Å². The Hall–Kier alpha value is -1.14. The van der Waals surface area contributed by atoms with E-state index in [4.69, 9.17) is 4.74 Å². The Balaban J connectivity index is 2.32. The fraction of sp³-hybridized carbons (Fsp3) is 0.636. The molecular formula is C11H20N2O3Si. The highest BCUT2D eigenvalue weighted by Crippen LogP contribution is 2.07. The average Bonchev–Trinajstić information content (AvgIpc) is 2.18. The lowest BCUT2D eigenvalue weighted by Crippen LogP contribution is -2.25. The van der Waals surface area contributed by atoms with Crippen LogP contribution < -0.4 is 11.2 Å². The van der Waals surface area contributed by atoms with Crippen LogP contribution in [0, 0.1) is 0 Å². The fourth-order valence-corrected chi connectivity index (χ4v) is 2.04. The van der Waals surface area contributed by atoms with Crippen molar-refractivity contribution < 1.29 is 4.74 Å². The van der Waals surface area contributed by atoms with E-state index in [0.29, 0.717) is 18.6 Å². The molecule has 0 bridgehead atoms. The van der Waals surface area contributed by atoms with Gasteiger partial charge in [0.15, 0.2) is 0 Å². The molecule has 0 fully saturated rings. The van der Waals surface area contributed by atoms with Crippen LogP contribution in [0.4, 0.5) is 0 Å². The van der Waals surface area contributed by atoms with Crippen molar-refractivity contribution in [1.82, 2.24) is 9.97 Å². The Morgan fingerprint density at radius 3 is 2.53 bits per heavy atom. The van der Waals surface area contributed by atoms with Crippen molar-refractivity contribution >= 4 is 8.07 Å². The summed E-state index contributed by atoms with van der Waals surface area (Å²) < 4.78 is 5.49. The number of ether oxygens (including phenoxy) is 1. The van der Waals surface area contributed by atoms with E-state index in [0.717, 1.165) is 12.7 Å². The maximum atomic E-state index is 11.3. The molecule has 0 saturated heterocycles. The van der Waals surface area contributed by atoms with Crippen LogP contribution in [-0.4, -0.2) is 31.3 Å². The van der Waals surface area contributed by atoms with Crippen LogP contribution >= 0.6 is 0 Å². The van der Waals surface area contributed by atoms with E-state index in [1.807, 2.05) is 0 Å². The summed E-state index contributed by atoms with van der Waals surface area (Å²) >= 11 is 0. The van der Waals surface area contributed by atoms with Crippen LogP contribution in [0.3, 0.4) is 0 Å². The van der Waals surface area contributed by atoms with E-state index in [1.165, 1.54) is 6.20 Å². The number of rotatable bonds is 6. The maximum Gasteiger partial charge on any atom is 0.325 e. The van der Waals surface area contributed by atoms with Gasteiger partial charge in [-0.3, -0.25) is 9.78 Å². The number of aromatic amines is 2. The molecule has 1 aromatic heterocycles. The minimum Gasteiger partial charge on any atom is -0.381 e. The molecule has 96 valence electrons. The minimum absolute atomic E-state index is 0.331. The first-order valence-electron chi connectivity index (χ1n) is 5.77. The van der Waals surface area contributed by atoms with Gasteiger partial charge in [-0.2, -0.15) is 0 Å². The van der Waals surface area contributed by atoms with Gasteiger partial charge < -0.3 is 9.72 Å². The summed E-state index contributed by atoms with van der Waals surface area (Å²) in [6.45, 7) is 8.14. The average molecular weight is 256 g/mol. The molecule has 0 aliphatic rings. The Morgan fingerprint density at radius 2 is 1.94 bits per heavy atom. The van der Waals surface area contributed by atoms with E-state index >= 15 is 0 Å². The number of H-pyrrole nitrogens is 2. The number of aromatic nitrogens is 2. The molecule has 0 aliphatic carbocycles. The summed E-state index contributed by atoms with van der Waals surface area (Å²) in [4.78, 5) is 26.8. The fourth-order valence-electron chi connectivity index (χ4n) is 1.29. The third-order valence-corrected chi connectivity index (χ3v) is 4.11. The van der Waals surface area contributed by atoms with Gasteiger partial charge in [0.05, 0.1) is 6.61 Å². The van der Waals surface area contributed by atoms with Gasteiger partial charge in [-0.1, -0.05) is 19.6 Å². The van der Waals surface area contributed by atoms with Crippen LogP contribution in [0.2, 0.25) is 25.7 Å². The van der Waals surface area contributed by atoms with Crippen molar-refractivity contribution in [2.75, 3.05) is 13.2 Å². The molecule has 0 aromatic carbocycles. The topological polar surface area (TPSA) is 75.0 Å². The van der Waals surface area contributed by atoms with Gasteiger partial charge in [0.1, 0.15) is 0 Å². The predicted molar refractivity (Wildman–Crippen MR) is 70.4 cm³/mol. The van der Waals surface area contributed by atoms with E-state index in [-0.39, 0.29) is 5.56 Å². The van der Waals surface area contributed by atoms with E-state index in [1.54, 1.807) is 0 Å². The quantitative estimate of drug-likeness (QED) is 0.588. The van der Waals surface area contributed by atoms with Gasteiger partial charge in [-0.25, -0.2) is 4.79 Å². The molecule has 0 amide bonds. The molecule has 1 aromatic rings. The monoisotopic (exact) mass is 256 g/mol. The van der Waals surface area contributed by atoms with Crippen LogP contribution in [0.1, 0.15) is 5.56 Å². The lowest BCUT2D eigenvalue weighted by Gasteiger charge is -2.15. The summed E-state index contributed by atoms with van der Waals surface area (Å²) in [5, 5.41) is 0. The zero-order valence-corrected chi connectivity index (χ0v) is 11.6. The molecule has 1 heterocycles. The highest BCUT2D eigenvalue weighted by atomic mass is 28.3. The summed E-state index contributed by atoms with van der Waals surface area (Å²) in [5.74, 6) is 0. The first-order chi connectivity index (χ1) is 7.88. The molecule has 0 atom stereocenters. The van der Waals surface area contributed by atoms with Crippen LogP contribution in [0.5, 0.6) is 0 Å². The second-order valence-electron chi connectivity index (χ2n) is 5.27. The Labute approximate surface area is 101 Å². The third-order valence-electron chi connectivity index (χ3n) is 2.41. The summed E-state index contributed by atoms with van der Waals surface area (Å²) in [6.07, 6.45) is 1.97.